The van der Waals surface area contributed by atoms with Crippen molar-refractivity contribution in [1.29, 1.82) is 5.26 Å². The fraction of sp³-hybridized carbons (Fsp3) is 0. The maximum Gasteiger partial charge on any atom is 0.0998 e. The standard InChI is InChI=1S/C15H10N2/c16-9-11-5-3-7-13-14(11)8-10-4-1-2-6-12(10)15(13)17/h1-8H,17H2. The molecule has 0 unspecified atom stereocenters. The van der Waals surface area contributed by atoms with Crippen LogP contribution in [0.15, 0.2) is 48.5 Å². The van der Waals surface area contributed by atoms with Crippen LogP contribution in [-0.2, 0) is 0 Å². The normalized spacial score (nSPS) is 10.5. The molecular weight excluding hydrogens is 208 g/mol. The summed E-state index contributed by atoms with van der Waals surface area (Å²) in [5, 5.41) is 13.1. The summed E-state index contributed by atoms with van der Waals surface area (Å²) in [6.45, 7) is 0. The van der Waals surface area contributed by atoms with E-state index in [4.69, 9.17) is 11.0 Å². The summed E-state index contributed by atoms with van der Waals surface area (Å²) >= 11 is 0. The number of nitrogen functional groups attached to an aromatic ring is 1. The van der Waals surface area contributed by atoms with Crippen LogP contribution in [0, 0.1) is 11.3 Å². The molecule has 0 aliphatic rings. The minimum absolute atomic E-state index is 0.667. The molecule has 3 aromatic rings. The molecule has 0 heterocycles. The molecule has 0 spiro atoms. The molecule has 0 fully saturated rings. The zero-order valence-corrected chi connectivity index (χ0v) is 9.14. The van der Waals surface area contributed by atoms with Gasteiger partial charge in [-0.2, -0.15) is 5.26 Å². The molecule has 0 aliphatic carbocycles. The Hall–Kier alpha value is -2.53. The number of fused-ring (bicyclic) bond motifs is 2. The van der Waals surface area contributed by atoms with E-state index in [1.807, 2.05) is 48.5 Å². The zero-order valence-electron chi connectivity index (χ0n) is 9.14. The zero-order chi connectivity index (χ0) is 11.8. The Kier molecular flexibility index (Phi) is 1.99. The average molecular weight is 218 g/mol. The Bertz CT molecular complexity index is 767. The minimum atomic E-state index is 0.667. The Morgan fingerprint density at radius 2 is 1.65 bits per heavy atom. The van der Waals surface area contributed by atoms with E-state index in [2.05, 4.69) is 6.07 Å². The number of nitriles is 1. The fourth-order valence-corrected chi connectivity index (χ4v) is 2.22. The van der Waals surface area contributed by atoms with Gasteiger partial charge in [-0.25, -0.2) is 0 Å². The van der Waals surface area contributed by atoms with Crippen LogP contribution in [0.2, 0.25) is 0 Å². The number of nitrogens with zero attached hydrogens (tertiary/aromatic N) is 1. The third-order valence-electron chi connectivity index (χ3n) is 3.07. The molecule has 3 rings (SSSR count). The first-order valence-corrected chi connectivity index (χ1v) is 5.41. The van der Waals surface area contributed by atoms with Gasteiger partial charge >= 0.3 is 0 Å². The van der Waals surface area contributed by atoms with Gasteiger partial charge in [0.1, 0.15) is 0 Å². The third-order valence-corrected chi connectivity index (χ3v) is 3.07. The van der Waals surface area contributed by atoms with Crippen molar-refractivity contribution >= 4 is 27.2 Å². The van der Waals surface area contributed by atoms with Gasteiger partial charge in [0.15, 0.2) is 0 Å². The van der Waals surface area contributed by atoms with Crippen molar-refractivity contribution in [1.82, 2.24) is 0 Å². The monoisotopic (exact) mass is 218 g/mol. The summed E-state index contributed by atoms with van der Waals surface area (Å²) < 4.78 is 0. The van der Waals surface area contributed by atoms with Crippen molar-refractivity contribution in [3.05, 3.63) is 54.1 Å². The maximum absolute atomic E-state index is 9.11. The lowest BCUT2D eigenvalue weighted by Crippen LogP contribution is -1.91. The van der Waals surface area contributed by atoms with Gasteiger partial charge in [0.25, 0.3) is 0 Å². The highest BCUT2D eigenvalue weighted by molar-refractivity contribution is 6.11. The van der Waals surface area contributed by atoms with Gasteiger partial charge < -0.3 is 5.73 Å². The van der Waals surface area contributed by atoms with E-state index in [9.17, 15) is 0 Å². The van der Waals surface area contributed by atoms with Crippen molar-refractivity contribution in [3.8, 4) is 6.07 Å². The first-order valence-electron chi connectivity index (χ1n) is 5.41. The molecule has 0 saturated heterocycles. The van der Waals surface area contributed by atoms with Crippen LogP contribution in [0.25, 0.3) is 21.5 Å². The Labute approximate surface area is 98.9 Å². The molecule has 2 heteroatoms. The highest BCUT2D eigenvalue weighted by atomic mass is 14.6. The maximum atomic E-state index is 9.11. The van der Waals surface area contributed by atoms with E-state index in [0.29, 0.717) is 5.56 Å². The number of hydrogen-bond acceptors (Lipinski definition) is 2. The van der Waals surface area contributed by atoms with Crippen molar-refractivity contribution in [2.45, 2.75) is 0 Å². The number of hydrogen-bond donors (Lipinski definition) is 1. The molecule has 80 valence electrons. The largest absolute Gasteiger partial charge is 0.398 e. The summed E-state index contributed by atoms with van der Waals surface area (Å²) in [5.74, 6) is 0. The first-order chi connectivity index (χ1) is 8.31. The van der Waals surface area contributed by atoms with Gasteiger partial charge in [-0.1, -0.05) is 36.4 Å². The third kappa shape index (κ3) is 1.33. The Morgan fingerprint density at radius 1 is 0.882 bits per heavy atom. The van der Waals surface area contributed by atoms with Crippen LogP contribution in [0.4, 0.5) is 5.69 Å². The summed E-state index contributed by atoms with van der Waals surface area (Å²) in [5.41, 5.74) is 7.58. The molecule has 3 aromatic carbocycles. The summed E-state index contributed by atoms with van der Waals surface area (Å²) in [6.07, 6.45) is 0. The smallest absolute Gasteiger partial charge is 0.0998 e. The number of anilines is 1. The highest BCUT2D eigenvalue weighted by Crippen LogP contribution is 2.31. The Balaban J connectivity index is 2.60. The van der Waals surface area contributed by atoms with Crippen molar-refractivity contribution in [3.63, 3.8) is 0 Å². The molecule has 0 radical (unpaired) electrons. The van der Waals surface area contributed by atoms with Gasteiger partial charge in [-0.15, -0.1) is 0 Å². The fourth-order valence-electron chi connectivity index (χ4n) is 2.22. The lowest BCUT2D eigenvalue weighted by Gasteiger charge is -2.08. The minimum Gasteiger partial charge on any atom is -0.398 e. The van der Waals surface area contributed by atoms with E-state index >= 15 is 0 Å². The summed E-state index contributed by atoms with van der Waals surface area (Å²) in [7, 11) is 0. The highest BCUT2D eigenvalue weighted by Gasteiger charge is 2.06. The molecular formula is C15H10N2. The molecule has 0 amide bonds. The van der Waals surface area contributed by atoms with Crippen molar-refractivity contribution in [2.75, 3.05) is 5.73 Å². The number of nitrogens with two attached hydrogens (primary N) is 1. The molecule has 0 aromatic heterocycles. The summed E-state index contributed by atoms with van der Waals surface area (Å²) in [6, 6.07) is 17.8. The van der Waals surface area contributed by atoms with E-state index in [0.717, 1.165) is 27.2 Å². The SMILES string of the molecule is N#Cc1cccc2c(N)c3ccccc3cc12. The van der Waals surface area contributed by atoms with Gasteiger partial charge in [0.2, 0.25) is 0 Å². The topological polar surface area (TPSA) is 49.8 Å². The quantitative estimate of drug-likeness (QED) is 0.464. The van der Waals surface area contributed by atoms with Gasteiger partial charge in [0.05, 0.1) is 11.6 Å². The molecule has 0 atom stereocenters. The van der Waals surface area contributed by atoms with Crippen LogP contribution in [-0.4, -0.2) is 0 Å². The molecule has 0 aliphatic heterocycles. The second-order valence-corrected chi connectivity index (χ2v) is 4.02. The molecule has 2 nitrogen and oxygen atoms in total. The molecule has 0 bridgehead atoms. The number of benzene rings is 3. The van der Waals surface area contributed by atoms with Gasteiger partial charge in [0, 0.05) is 21.8 Å². The Morgan fingerprint density at radius 3 is 2.47 bits per heavy atom. The van der Waals surface area contributed by atoms with Crippen LogP contribution in [0.5, 0.6) is 0 Å². The lowest BCUT2D eigenvalue weighted by molar-refractivity contribution is 1.50. The van der Waals surface area contributed by atoms with E-state index < -0.39 is 0 Å². The number of rotatable bonds is 0. The summed E-state index contributed by atoms with van der Waals surface area (Å²) in [4.78, 5) is 0. The average Bonchev–Trinajstić information content (AvgIpc) is 2.38. The van der Waals surface area contributed by atoms with Crippen LogP contribution >= 0.6 is 0 Å². The predicted octanol–water partition coefficient (Wildman–Crippen LogP) is 3.45. The van der Waals surface area contributed by atoms with Crippen LogP contribution in [0.3, 0.4) is 0 Å². The predicted molar refractivity (Wildman–Crippen MR) is 70.6 cm³/mol. The molecule has 17 heavy (non-hydrogen) atoms. The van der Waals surface area contributed by atoms with Crippen molar-refractivity contribution < 1.29 is 0 Å². The second kappa shape index (κ2) is 3.50. The van der Waals surface area contributed by atoms with Crippen molar-refractivity contribution in [2.24, 2.45) is 0 Å². The van der Waals surface area contributed by atoms with Gasteiger partial charge in [-0.05, 0) is 17.5 Å². The van der Waals surface area contributed by atoms with E-state index in [1.54, 1.807) is 0 Å². The first kappa shape index (κ1) is 9.68. The second-order valence-electron chi connectivity index (χ2n) is 4.02. The van der Waals surface area contributed by atoms with Crippen LogP contribution in [0.1, 0.15) is 5.56 Å². The van der Waals surface area contributed by atoms with E-state index in [1.165, 1.54) is 0 Å². The lowest BCUT2D eigenvalue weighted by atomic mass is 9.98. The van der Waals surface area contributed by atoms with E-state index in [-0.39, 0.29) is 0 Å². The molecule has 2 N–H and O–H groups in total. The van der Waals surface area contributed by atoms with Crippen LogP contribution < -0.4 is 5.73 Å². The van der Waals surface area contributed by atoms with Gasteiger partial charge in [-0.3, -0.25) is 0 Å². The molecule has 0 saturated carbocycles.